The predicted molar refractivity (Wildman–Crippen MR) is 171 cm³/mol. The molecular weight excluding hydrogens is 618 g/mol. The number of hydrogen-bond donors (Lipinski definition) is 2. The van der Waals surface area contributed by atoms with E-state index in [9.17, 15) is 34.2 Å². The normalized spacial score (nSPS) is 19.9. The number of imide groups is 1. The number of hydrazine groups is 1. The Labute approximate surface area is 277 Å². The Morgan fingerprint density at radius 2 is 1.35 bits per heavy atom. The van der Waals surface area contributed by atoms with Gasteiger partial charge >= 0.3 is 18.0 Å². The molecular formula is C36H37N3O9. The molecule has 0 aliphatic carbocycles. The Morgan fingerprint density at radius 3 is 1.85 bits per heavy atom. The molecule has 2 aliphatic rings. The number of carbonyl (C=O) groups excluding carboxylic acids is 4. The molecule has 0 aromatic heterocycles. The molecule has 5 rings (SSSR count). The van der Waals surface area contributed by atoms with Crippen molar-refractivity contribution in [3.05, 3.63) is 107 Å². The smallest absolute Gasteiger partial charge is 0.426 e. The summed E-state index contributed by atoms with van der Waals surface area (Å²) in [4.78, 5) is 83.0. The summed E-state index contributed by atoms with van der Waals surface area (Å²) >= 11 is 0. The van der Waals surface area contributed by atoms with Crippen LogP contribution in [0.25, 0.3) is 0 Å². The molecule has 0 saturated carbocycles. The van der Waals surface area contributed by atoms with Crippen LogP contribution in [0, 0.1) is 11.3 Å². The van der Waals surface area contributed by atoms with Crippen molar-refractivity contribution in [2.45, 2.75) is 58.2 Å². The zero-order valence-electron chi connectivity index (χ0n) is 26.9. The summed E-state index contributed by atoms with van der Waals surface area (Å²) in [6, 6.07) is 21.7. The van der Waals surface area contributed by atoms with Crippen LogP contribution in [0.15, 0.2) is 84.9 Å². The van der Waals surface area contributed by atoms with Gasteiger partial charge in [-0.25, -0.2) is 19.6 Å². The molecule has 250 valence electrons. The third-order valence-electron chi connectivity index (χ3n) is 9.10. The van der Waals surface area contributed by atoms with Crippen LogP contribution in [0.4, 0.5) is 4.79 Å². The van der Waals surface area contributed by atoms with E-state index in [1.165, 1.54) is 12.1 Å². The summed E-state index contributed by atoms with van der Waals surface area (Å²) in [5.41, 5.74) is -2.11. The first kappa shape index (κ1) is 33.8. The molecule has 1 saturated heterocycles. The third kappa shape index (κ3) is 6.01. The summed E-state index contributed by atoms with van der Waals surface area (Å²) in [7, 11) is 0. The Bertz CT molecular complexity index is 1700. The summed E-state index contributed by atoms with van der Waals surface area (Å²) < 4.78 is 5.44. The number of fused-ring (bicyclic) bond motifs is 1. The van der Waals surface area contributed by atoms with Gasteiger partial charge in [0.25, 0.3) is 17.7 Å². The number of benzene rings is 3. The van der Waals surface area contributed by atoms with Crippen molar-refractivity contribution in [1.82, 2.24) is 14.9 Å². The lowest BCUT2D eigenvalue weighted by molar-refractivity contribution is -0.216. The van der Waals surface area contributed by atoms with Gasteiger partial charge in [-0.1, -0.05) is 93.6 Å². The van der Waals surface area contributed by atoms with Crippen LogP contribution in [0.3, 0.4) is 0 Å². The minimum Gasteiger partial charge on any atom is -0.479 e. The number of esters is 1. The summed E-state index contributed by atoms with van der Waals surface area (Å²) in [6.45, 7) is 4.35. The molecule has 2 unspecified atom stereocenters. The SMILES string of the molecule is CC(C)(C)C1(C(=O)O)C(Cc2ccccc2)CCN(C(=O)O)N1C(=O)[C@H](CC(=O)OCc1ccccc1)N1C(=O)c2ccccc2C1=O. The number of amides is 4. The number of carboxylic acid groups (broad SMARTS) is 2. The van der Waals surface area contributed by atoms with Gasteiger partial charge in [-0.05, 0) is 41.5 Å². The number of hydrogen-bond acceptors (Lipinski definition) is 7. The van der Waals surface area contributed by atoms with Crippen LogP contribution < -0.4 is 0 Å². The fourth-order valence-electron chi connectivity index (χ4n) is 6.96. The molecule has 0 spiro atoms. The molecule has 12 nitrogen and oxygen atoms in total. The molecule has 0 radical (unpaired) electrons. The van der Waals surface area contributed by atoms with Gasteiger partial charge in [0.05, 0.1) is 17.5 Å². The fourth-order valence-corrected chi connectivity index (χ4v) is 6.96. The number of rotatable bonds is 9. The first-order valence-electron chi connectivity index (χ1n) is 15.6. The Balaban J connectivity index is 1.63. The molecule has 2 aliphatic heterocycles. The molecule has 2 N–H and O–H groups in total. The van der Waals surface area contributed by atoms with Crippen molar-refractivity contribution < 1.29 is 43.7 Å². The number of nitrogens with zero attached hydrogens (tertiary/aromatic N) is 3. The molecule has 48 heavy (non-hydrogen) atoms. The minimum absolute atomic E-state index is 0.00559. The van der Waals surface area contributed by atoms with Crippen molar-refractivity contribution in [2.75, 3.05) is 6.54 Å². The van der Waals surface area contributed by atoms with Gasteiger partial charge in [0.1, 0.15) is 12.6 Å². The molecule has 3 atom stereocenters. The van der Waals surface area contributed by atoms with Crippen molar-refractivity contribution >= 4 is 35.8 Å². The lowest BCUT2D eigenvalue weighted by Crippen LogP contribution is -2.77. The maximum absolute atomic E-state index is 15.0. The van der Waals surface area contributed by atoms with E-state index in [4.69, 9.17) is 4.74 Å². The average Bonchev–Trinajstić information content (AvgIpc) is 3.31. The Morgan fingerprint density at radius 1 is 0.833 bits per heavy atom. The van der Waals surface area contributed by atoms with Crippen molar-refractivity contribution in [2.24, 2.45) is 11.3 Å². The first-order valence-corrected chi connectivity index (χ1v) is 15.6. The summed E-state index contributed by atoms with van der Waals surface area (Å²) in [6.07, 6.45) is -2.18. The zero-order valence-corrected chi connectivity index (χ0v) is 26.9. The average molecular weight is 656 g/mol. The molecule has 2 heterocycles. The zero-order chi connectivity index (χ0) is 34.8. The highest BCUT2D eigenvalue weighted by atomic mass is 16.5. The maximum Gasteiger partial charge on any atom is 0.426 e. The third-order valence-corrected chi connectivity index (χ3v) is 9.10. The van der Waals surface area contributed by atoms with Crippen LogP contribution in [-0.4, -0.2) is 79.0 Å². The largest absolute Gasteiger partial charge is 0.479 e. The van der Waals surface area contributed by atoms with E-state index in [0.29, 0.717) is 20.5 Å². The monoisotopic (exact) mass is 655 g/mol. The highest BCUT2D eigenvalue weighted by molar-refractivity contribution is 6.23. The van der Waals surface area contributed by atoms with Crippen LogP contribution in [0.1, 0.15) is 65.5 Å². The van der Waals surface area contributed by atoms with Gasteiger partial charge in [-0.3, -0.25) is 24.1 Å². The van der Waals surface area contributed by atoms with E-state index in [1.807, 2.05) is 18.2 Å². The highest BCUT2D eigenvalue weighted by Crippen LogP contribution is 2.49. The van der Waals surface area contributed by atoms with Gasteiger partial charge < -0.3 is 14.9 Å². The van der Waals surface area contributed by atoms with Crippen molar-refractivity contribution in [3.8, 4) is 0 Å². The number of aliphatic carboxylic acids is 1. The molecule has 3 aromatic rings. The van der Waals surface area contributed by atoms with E-state index < -0.39 is 65.1 Å². The lowest BCUT2D eigenvalue weighted by atomic mass is 9.61. The number of carbonyl (C=O) groups is 6. The lowest BCUT2D eigenvalue weighted by Gasteiger charge is -2.58. The molecule has 1 fully saturated rings. The number of ether oxygens (including phenoxy) is 1. The molecule has 12 heteroatoms. The molecule has 3 aromatic carbocycles. The fraction of sp³-hybridized carbons (Fsp3) is 0.333. The van der Waals surface area contributed by atoms with Gasteiger partial charge in [-0.2, -0.15) is 0 Å². The van der Waals surface area contributed by atoms with E-state index in [2.05, 4.69) is 0 Å². The molecule has 4 amide bonds. The summed E-state index contributed by atoms with van der Waals surface area (Å²) in [5, 5.41) is 22.8. The molecule has 0 bridgehead atoms. The quantitative estimate of drug-likeness (QED) is 0.247. The van der Waals surface area contributed by atoms with Gasteiger partial charge in [0.15, 0.2) is 5.54 Å². The van der Waals surface area contributed by atoms with E-state index in [0.717, 1.165) is 5.56 Å². The van der Waals surface area contributed by atoms with Gasteiger partial charge in [0.2, 0.25) is 0 Å². The van der Waals surface area contributed by atoms with Crippen LogP contribution >= 0.6 is 0 Å². The standard InChI is InChI=1S/C36H37N3O9/c1-35(2,3)36(33(44)45)25(20-23-12-6-4-7-13-23)18-19-37(34(46)47)39(36)32(43)28(21-29(40)48-22-24-14-8-5-9-15-24)38-30(41)26-16-10-11-17-27(26)31(38)42/h4-17,25,28H,18-22H2,1-3H3,(H,44,45)(H,46,47)/t25?,28-,36?/m0/s1. The second-order valence-electron chi connectivity index (χ2n) is 12.9. The van der Waals surface area contributed by atoms with Crippen molar-refractivity contribution in [1.29, 1.82) is 0 Å². The van der Waals surface area contributed by atoms with E-state index >= 15 is 4.79 Å². The number of carboxylic acids is 1. The Hall–Kier alpha value is -5.52. The minimum atomic E-state index is -2.21. The highest BCUT2D eigenvalue weighted by Gasteiger charge is 2.65. The van der Waals surface area contributed by atoms with Crippen LogP contribution in [0.5, 0.6) is 0 Å². The van der Waals surface area contributed by atoms with E-state index in [-0.39, 0.29) is 37.1 Å². The van der Waals surface area contributed by atoms with Crippen molar-refractivity contribution in [3.63, 3.8) is 0 Å². The summed E-state index contributed by atoms with van der Waals surface area (Å²) in [5.74, 6) is -6.20. The van der Waals surface area contributed by atoms with Crippen LogP contribution in [0.2, 0.25) is 0 Å². The second kappa shape index (κ2) is 13.3. The van der Waals surface area contributed by atoms with Crippen LogP contribution in [-0.2, 0) is 32.1 Å². The predicted octanol–water partition coefficient (Wildman–Crippen LogP) is 4.64. The maximum atomic E-state index is 15.0. The Kier molecular flexibility index (Phi) is 9.38. The second-order valence-corrected chi connectivity index (χ2v) is 12.9. The van der Waals surface area contributed by atoms with Gasteiger partial charge in [0, 0.05) is 12.5 Å². The van der Waals surface area contributed by atoms with Gasteiger partial charge in [-0.15, -0.1) is 0 Å². The topological polar surface area (TPSA) is 162 Å². The van der Waals surface area contributed by atoms with E-state index in [1.54, 1.807) is 75.4 Å². The first-order chi connectivity index (χ1) is 22.8.